The molecule has 0 unspecified atom stereocenters. The molecule has 0 atom stereocenters. The van der Waals surface area contributed by atoms with Gasteiger partial charge in [0.25, 0.3) is 0 Å². The first-order valence-electron chi connectivity index (χ1n) is 9.22. The van der Waals surface area contributed by atoms with Crippen LogP contribution in [-0.4, -0.2) is 24.0 Å². The Bertz CT molecular complexity index is 1240. The third-order valence-corrected chi connectivity index (χ3v) is 4.78. The highest BCUT2D eigenvalue weighted by Gasteiger charge is 2.17. The predicted octanol–water partition coefficient (Wildman–Crippen LogP) is 5.23. The summed E-state index contributed by atoms with van der Waals surface area (Å²) in [5, 5.41) is 13.7. The molecule has 0 N–H and O–H groups in total. The standard InChI is InChI=1S/C24H18FN3O2/c1-29-23-12-11-18(13-24(23)30-2)22-14-20(17-9-7-16(15-26)8-10-17)27-28(22)21-6-4-3-5-19(21)25/h3-14H,1-2H3. The van der Waals surface area contributed by atoms with Crippen molar-refractivity contribution in [1.29, 1.82) is 5.26 Å². The van der Waals surface area contributed by atoms with Gasteiger partial charge in [-0.1, -0.05) is 24.3 Å². The molecule has 0 saturated heterocycles. The molecule has 5 nitrogen and oxygen atoms in total. The third kappa shape index (κ3) is 3.49. The maximum Gasteiger partial charge on any atom is 0.161 e. The van der Waals surface area contributed by atoms with E-state index in [4.69, 9.17) is 14.7 Å². The third-order valence-electron chi connectivity index (χ3n) is 4.78. The van der Waals surface area contributed by atoms with Crippen LogP contribution in [0.15, 0.2) is 72.8 Å². The number of ether oxygens (including phenoxy) is 2. The number of benzene rings is 3. The number of methoxy groups -OCH3 is 2. The van der Waals surface area contributed by atoms with E-state index in [-0.39, 0.29) is 5.82 Å². The summed E-state index contributed by atoms with van der Waals surface area (Å²) in [7, 11) is 3.14. The monoisotopic (exact) mass is 399 g/mol. The van der Waals surface area contributed by atoms with Gasteiger partial charge in [0.15, 0.2) is 11.5 Å². The molecular weight excluding hydrogens is 381 g/mol. The lowest BCUT2D eigenvalue weighted by Crippen LogP contribution is -2.02. The Morgan fingerprint density at radius 3 is 2.23 bits per heavy atom. The van der Waals surface area contributed by atoms with Crippen molar-refractivity contribution in [2.45, 2.75) is 0 Å². The van der Waals surface area contributed by atoms with Crippen LogP contribution < -0.4 is 9.47 Å². The number of rotatable bonds is 5. The van der Waals surface area contributed by atoms with Gasteiger partial charge in [0.05, 0.1) is 37.2 Å². The zero-order chi connectivity index (χ0) is 21.1. The number of nitrogens with zero attached hydrogens (tertiary/aromatic N) is 3. The quantitative estimate of drug-likeness (QED) is 0.461. The molecule has 6 heteroatoms. The van der Waals surface area contributed by atoms with Crippen LogP contribution in [0.5, 0.6) is 11.5 Å². The average molecular weight is 399 g/mol. The van der Waals surface area contributed by atoms with E-state index in [1.54, 1.807) is 55.3 Å². The van der Waals surface area contributed by atoms with Gasteiger partial charge in [-0.05, 0) is 48.5 Å². The molecule has 0 fully saturated rings. The Labute approximate surface area is 173 Å². The first-order chi connectivity index (χ1) is 14.6. The Hall–Kier alpha value is -4.11. The molecule has 0 spiro atoms. The van der Waals surface area contributed by atoms with Crippen molar-refractivity contribution in [2.75, 3.05) is 14.2 Å². The van der Waals surface area contributed by atoms with Gasteiger partial charge in [-0.2, -0.15) is 10.4 Å². The lowest BCUT2D eigenvalue weighted by molar-refractivity contribution is 0.355. The highest BCUT2D eigenvalue weighted by Crippen LogP contribution is 2.35. The Morgan fingerprint density at radius 1 is 0.867 bits per heavy atom. The van der Waals surface area contributed by atoms with Gasteiger partial charge >= 0.3 is 0 Å². The summed E-state index contributed by atoms with van der Waals surface area (Å²) in [4.78, 5) is 0. The van der Waals surface area contributed by atoms with Crippen molar-refractivity contribution in [3.8, 4) is 45.8 Å². The molecule has 0 saturated carbocycles. The van der Waals surface area contributed by atoms with Gasteiger partial charge in [0, 0.05) is 11.1 Å². The second-order valence-corrected chi connectivity index (χ2v) is 6.54. The second-order valence-electron chi connectivity index (χ2n) is 6.54. The fraction of sp³-hybridized carbons (Fsp3) is 0.0833. The molecule has 0 aliphatic carbocycles. The van der Waals surface area contributed by atoms with Crippen LogP contribution in [0.25, 0.3) is 28.2 Å². The summed E-state index contributed by atoms with van der Waals surface area (Å²) < 4.78 is 26.9. The molecule has 0 radical (unpaired) electrons. The zero-order valence-electron chi connectivity index (χ0n) is 16.5. The van der Waals surface area contributed by atoms with Crippen molar-refractivity contribution in [2.24, 2.45) is 0 Å². The van der Waals surface area contributed by atoms with Crippen LogP contribution in [0, 0.1) is 17.1 Å². The minimum Gasteiger partial charge on any atom is -0.493 e. The first-order valence-corrected chi connectivity index (χ1v) is 9.22. The van der Waals surface area contributed by atoms with Crippen LogP contribution in [-0.2, 0) is 0 Å². The molecule has 1 aromatic heterocycles. The van der Waals surface area contributed by atoms with E-state index in [0.29, 0.717) is 34.1 Å². The van der Waals surface area contributed by atoms with Crippen molar-refractivity contribution in [1.82, 2.24) is 9.78 Å². The van der Waals surface area contributed by atoms with Crippen LogP contribution in [0.1, 0.15) is 5.56 Å². The molecule has 148 valence electrons. The van der Waals surface area contributed by atoms with E-state index >= 15 is 0 Å². The zero-order valence-corrected chi connectivity index (χ0v) is 16.5. The number of nitriles is 1. The fourth-order valence-electron chi connectivity index (χ4n) is 3.25. The van der Waals surface area contributed by atoms with Gasteiger partial charge in [-0.3, -0.25) is 0 Å². The number of halogens is 1. The van der Waals surface area contributed by atoms with Gasteiger partial charge in [-0.25, -0.2) is 9.07 Å². The van der Waals surface area contributed by atoms with Crippen molar-refractivity contribution < 1.29 is 13.9 Å². The second kappa shape index (κ2) is 8.10. The van der Waals surface area contributed by atoms with Crippen LogP contribution >= 0.6 is 0 Å². The Morgan fingerprint density at radius 2 is 1.57 bits per heavy atom. The summed E-state index contributed by atoms with van der Waals surface area (Å²) in [6, 6.07) is 23.1. The summed E-state index contributed by atoms with van der Waals surface area (Å²) in [6.07, 6.45) is 0. The Balaban J connectivity index is 1.91. The van der Waals surface area contributed by atoms with Gasteiger partial charge in [-0.15, -0.1) is 0 Å². The minimum absolute atomic E-state index is 0.335. The maximum atomic E-state index is 14.6. The normalized spacial score (nSPS) is 10.5. The van der Waals surface area contributed by atoms with E-state index < -0.39 is 0 Å². The molecule has 3 aromatic carbocycles. The van der Waals surface area contributed by atoms with Crippen LogP contribution in [0.2, 0.25) is 0 Å². The molecule has 0 aliphatic heterocycles. The highest BCUT2D eigenvalue weighted by atomic mass is 19.1. The SMILES string of the molecule is COc1ccc(-c2cc(-c3ccc(C#N)cc3)nn2-c2ccccc2F)cc1OC. The Kier molecular flexibility index (Phi) is 5.19. The molecule has 4 rings (SSSR count). The molecule has 4 aromatic rings. The lowest BCUT2D eigenvalue weighted by Gasteiger charge is -2.11. The molecule has 1 heterocycles. The van der Waals surface area contributed by atoms with Gasteiger partial charge in [0.2, 0.25) is 0 Å². The number of aromatic nitrogens is 2. The van der Waals surface area contributed by atoms with Crippen molar-refractivity contribution in [3.63, 3.8) is 0 Å². The number of hydrogen-bond acceptors (Lipinski definition) is 4. The molecule has 30 heavy (non-hydrogen) atoms. The summed E-state index contributed by atoms with van der Waals surface area (Å²) in [5.41, 5.74) is 3.87. The van der Waals surface area contributed by atoms with E-state index in [0.717, 1.165) is 11.1 Å². The van der Waals surface area contributed by atoms with E-state index in [1.165, 1.54) is 6.07 Å². The summed E-state index contributed by atoms with van der Waals surface area (Å²) in [5.74, 6) is 0.787. The van der Waals surface area contributed by atoms with Crippen molar-refractivity contribution in [3.05, 3.63) is 84.2 Å². The lowest BCUT2D eigenvalue weighted by atomic mass is 10.1. The topological polar surface area (TPSA) is 60.1 Å². The summed E-state index contributed by atoms with van der Waals surface area (Å²) in [6.45, 7) is 0. The minimum atomic E-state index is -0.381. The van der Waals surface area contributed by atoms with E-state index in [1.807, 2.05) is 30.3 Å². The smallest absolute Gasteiger partial charge is 0.161 e. The molecular formula is C24H18FN3O2. The fourth-order valence-corrected chi connectivity index (χ4v) is 3.25. The van der Waals surface area contributed by atoms with Crippen LogP contribution in [0.3, 0.4) is 0 Å². The van der Waals surface area contributed by atoms with Gasteiger partial charge < -0.3 is 9.47 Å². The van der Waals surface area contributed by atoms with Crippen LogP contribution in [0.4, 0.5) is 4.39 Å². The first kappa shape index (κ1) is 19.2. The van der Waals surface area contributed by atoms with Gasteiger partial charge in [0.1, 0.15) is 11.5 Å². The number of hydrogen-bond donors (Lipinski definition) is 0. The van der Waals surface area contributed by atoms with E-state index in [2.05, 4.69) is 11.2 Å². The molecule has 0 amide bonds. The maximum absolute atomic E-state index is 14.6. The summed E-state index contributed by atoms with van der Waals surface area (Å²) >= 11 is 0. The number of para-hydroxylation sites is 1. The largest absolute Gasteiger partial charge is 0.493 e. The highest BCUT2D eigenvalue weighted by molar-refractivity contribution is 5.72. The molecule has 0 bridgehead atoms. The molecule has 0 aliphatic rings. The van der Waals surface area contributed by atoms with E-state index in [9.17, 15) is 4.39 Å². The predicted molar refractivity (Wildman–Crippen MR) is 112 cm³/mol. The average Bonchev–Trinajstić information content (AvgIpc) is 3.24. The van der Waals surface area contributed by atoms with Crippen molar-refractivity contribution >= 4 is 0 Å².